The third-order valence-corrected chi connectivity index (χ3v) is 5.91. The first kappa shape index (κ1) is 20.2. The average Bonchev–Trinajstić information content (AvgIpc) is 3.11. The van der Waals surface area contributed by atoms with Crippen molar-refractivity contribution in [2.45, 2.75) is 32.4 Å². The fraction of sp³-hybridized carbons (Fsp3) is 0.391. The lowest BCUT2D eigenvalue weighted by Gasteiger charge is -2.36. The molecular formula is C23H27FN4O2. The summed E-state index contributed by atoms with van der Waals surface area (Å²) in [6.07, 6.45) is 1.53. The predicted molar refractivity (Wildman–Crippen MR) is 114 cm³/mol. The molecule has 4 amide bonds. The lowest BCUT2D eigenvalue weighted by Crippen LogP contribution is -2.49. The number of rotatable bonds is 4. The van der Waals surface area contributed by atoms with E-state index >= 15 is 0 Å². The number of carbonyl (C=O) groups excluding carboxylic acids is 2. The van der Waals surface area contributed by atoms with Crippen LogP contribution in [0.15, 0.2) is 48.5 Å². The molecule has 2 heterocycles. The number of nitrogens with one attached hydrogen (secondary N) is 1. The van der Waals surface area contributed by atoms with Crippen LogP contribution in [0.3, 0.4) is 0 Å². The Morgan fingerprint density at radius 1 is 1.00 bits per heavy atom. The van der Waals surface area contributed by atoms with Crippen molar-refractivity contribution in [2.24, 2.45) is 0 Å². The van der Waals surface area contributed by atoms with Gasteiger partial charge in [-0.25, -0.2) is 14.0 Å². The Morgan fingerprint density at radius 2 is 1.67 bits per heavy atom. The minimum atomic E-state index is -0.333. The minimum Gasteiger partial charge on any atom is -0.324 e. The number of piperidine rings is 1. The van der Waals surface area contributed by atoms with E-state index in [0.29, 0.717) is 25.3 Å². The molecule has 0 aromatic heterocycles. The standard InChI is InChI=1S/C23H27FN4O2/c1-17-2-4-18(5-3-17)16-27-14-15-28(23(27)30)21-10-12-26(13-11-21)22(29)25-20-8-6-19(24)7-9-20/h2-9,21H,10-16H2,1H3,(H,25,29). The molecule has 6 nitrogen and oxygen atoms in total. The summed E-state index contributed by atoms with van der Waals surface area (Å²) in [5, 5.41) is 2.80. The van der Waals surface area contributed by atoms with E-state index in [1.807, 2.05) is 9.80 Å². The lowest BCUT2D eigenvalue weighted by atomic mass is 10.0. The van der Waals surface area contributed by atoms with Crippen molar-refractivity contribution in [2.75, 3.05) is 31.5 Å². The molecule has 0 spiro atoms. The quantitative estimate of drug-likeness (QED) is 0.826. The maximum absolute atomic E-state index is 13.0. The smallest absolute Gasteiger partial charge is 0.321 e. The number of aryl methyl sites for hydroxylation is 1. The third-order valence-electron chi connectivity index (χ3n) is 5.91. The highest BCUT2D eigenvalue weighted by molar-refractivity contribution is 5.89. The van der Waals surface area contributed by atoms with Gasteiger partial charge in [0.1, 0.15) is 5.82 Å². The van der Waals surface area contributed by atoms with E-state index in [0.717, 1.165) is 31.5 Å². The number of benzene rings is 2. The van der Waals surface area contributed by atoms with Gasteiger partial charge in [-0.3, -0.25) is 0 Å². The Bertz CT molecular complexity index is 892. The fourth-order valence-electron chi connectivity index (χ4n) is 4.12. The Labute approximate surface area is 176 Å². The number of nitrogens with zero attached hydrogens (tertiary/aromatic N) is 3. The molecule has 0 saturated carbocycles. The average molecular weight is 410 g/mol. The molecule has 2 aliphatic rings. The summed E-state index contributed by atoms with van der Waals surface area (Å²) in [7, 11) is 0. The van der Waals surface area contributed by atoms with Crippen molar-refractivity contribution in [3.63, 3.8) is 0 Å². The number of anilines is 1. The molecule has 0 unspecified atom stereocenters. The summed E-state index contributed by atoms with van der Waals surface area (Å²) in [6, 6.07) is 14.1. The van der Waals surface area contributed by atoms with E-state index in [2.05, 4.69) is 36.5 Å². The second-order valence-electron chi connectivity index (χ2n) is 8.04. The highest BCUT2D eigenvalue weighted by atomic mass is 19.1. The number of carbonyl (C=O) groups is 2. The molecule has 158 valence electrons. The van der Waals surface area contributed by atoms with Gasteiger partial charge < -0.3 is 20.0 Å². The van der Waals surface area contributed by atoms with Crippen LogP contribution in [0.5, 0.6) is 0 Å². The van der Waals surface area contributed by atoms with Crippen molar-refractivity contribution in [1.29, 1.82) is 0 Å². The van der Waals surface area contributed by atoms with Crippen LogP contribution in [0.4, 0.5) is 19.7 Å². The number of hydrogen-bond donors (Lipinski definition) is 1. The topological polar surface area (TPSA) is 55.9 Å². The third kappa shape index (κ3) is 4.56. The predicted octanol–water partition coefficient (Wildman–Crippen LogP) is 4.07. The van der Waals surface area contributed by atoms with Gasteiger partial charge in [0, 0.05) is 44.5 Å². The Morgan fingerprint density at radius 3 is 2.33 bits per heavy atom. The first-order chi connectivity index (χ1) is 14.5. The van der Waals surface area contributed by atoms with Crippen molar-refractivity contribution < 1.29 is 14.0 Å². The Hall–Kier alpha value is -3.09. The van der Waals surface area contributed by atoms with Crippen LogP contribution >= 0.6 is 0 Å². The van der Waals surface area contributed by atoms with Crippen LogP contribution in [0.2, 0.25) is 0 Å². The fourth-order valence-corrected chi connectivity index (χ4v) is 4.12. The van der Waals surface area contributed by atoms with E-state index in [1.165, 1.54) is 17.7 Å². The summed E-state index contributed by atoms with van der Waals surface area (Å²) >= 11 is 0. The highest BCUT2D eigenvalue weighted by Crippen LogP contribution is 2.23. The zero-order chi connectivity index (χ0) is 21.1. The van der Waals surface area contributed by atoms with Crippen LogP contribution < -0.4 is 5.32 Å². The number of amides is 4. The summed E-state index contributed by atoms with van der Waals surface area (Å²) in [5.41, 5.74) is 2.93. The van der Waals surface area contributed by atoms with Crippen molar-refractivity contribution in [3.05, 3.63) is 65.5 Å². The molecule has 0 atom stereocenters. The summed E-state index contributed by atoms with van der Waals surface area (Å²) in [5.74, 6) is -0.333. The second kappa shape index (κ2) is 8.73. The van der Waals surface area contributed by atoms with Gasteiger partial charge >= 0.3 is 12.1 Å². The van der Waals surface area contributed by atoms with Crippen LogP contribution in [0, 0.1) is 12.7 Å². The molecule has 2 aliphatic heterocycles. The number of halogens is 1. The molecule has 7 heteroatoms. The Balaban J connectivity index is 1.27. The normalized spacial score (nSPS) is 17.5. The van der Waals surface area contributed by atoms with E-state index in [-0.39, 0.29) is 23.9 Å². The van der Waals surface area contributed by atoms with E-state index in [4.69, 9.17) is 0 Å². The highest BCUT2D eigenvalue weighted by Gasteiger charge is 2.35. The van der Waals surface area contributed by atoms with Crippen LogP contribution in [-0.4, -0.2) is 59.0 Å². The molecule has 0 bridgehead atoms. The molecule has 1 N–H and O–H groups in total. The summed E-state index contributed by atoms with van der Waals surface area (Å²) in [4.78, 5) is 31.0. The second-order valence-corrected chi connectivity index (χ2v) is 8.04. The van der Waals surface area contributed by atoms with Gasteiger partial charge in [0.25, 0.3) is 0 Å². The van der Waals surface area contributed by atoms with Gasteiger partial charge in [-0.2, -0.15) is 0 Å². The van der Waals surface area contributed by atoms with Gasteiger partial charge in [-0.1, -0.05) is 29.8 Å². The van der Waals surface area contributed by atoms with E-state index < -0.39 is 0 Å². The largest absolute Gasteiger partial charge is 0.324 e. The zero-order valence-corrected chi connectivity index (χ0v) is 17.2. The van der Waals surface area contributed by atoms with Crippen molar-refractivity contribution in [1.82, 2.24) is 14.7 Å². The number of urea groups is 2. The van der Waals surface area contributed by atoms with Gasteiger partial charge in [0.15, 0.2) is 0 Å². The lowest BCUT2D eigenvalue weighted by molar-refractivity contribution is 0.139. The first-order valence-electron chi connectivity index (χ1n) is 10.4. The monoisotopic (exact) mass is 410 g/mol. The van der Waals surface area contributed by atoms with Gasteiger partial charge in [-0.05, 0) is 49.6 Å². The molecule has 2 fully saturated rings. The first-order valence-corrected chi connectivity index (χ1v) is 10.4. The molecule has 2 aromatic carbocycles. The molecule has 2 aromatic rings. The summed E-state index contributed by atoms with van der Waals surface area (Å²) < 4.78 is 13.0. The number of hydrogen-bond acceptors (Lipinski definition) is 2. The maximum atomic E-state index is 13.0. The molecule has 0 aliphatic carbocycles. The van der Waals surface area contributed by atoms with Crippen LogP contribution in [0.1, 0.15) is 24.0 Å². The molecule has 30 heavy (non-hydrogen) atoms. The van der Waals surface area contributed by atoms with Crippen LogP contribution in [0.25, 0.3) is 0 Å². The molecule has 2 saturated heterocycles. The van der Waals surface area contributed by atoms with Gasteiger partial charge in [0.05, 0.1) is 0 Å². The maximum Gasteiger partial charge on any atom is 0.321 e. The minimum absolute atomic E-state index is 0.0878. The Kier molecular flexibility index (Phi) is 5.88. The summed E-state index contributed by atoms with van der Waals surface area (Å²) in [6.45, 7) is 5.35. The molecular weight excluding hydrogens is 383 g/mol. The molecule has 0 radical (unpaired) electrons. The zero-order valence-electron chi connectivity index (χ0n) is 17.2. The molecule has 4 rings (SSSR count). The van der Waals surface area contributed by atoms with E-state index in [9.17, 15) is 14.0 Å². The van der Waals surface area contributed by atoms with Crippen molar-refractivity contribution >= 4 is 17.7 Å². The van der Waals surface area contributed by atoms with Crippen molar-refractivity contribution in [3.8, 4) is 0 Å². The van der Waals surface area contributed by atoms with Crippen LogP contribution in [-0.2, 0) is 6.54 Å². The van der Waals surface area contributed by atoms with E-state index in [1.54, 1.807) is 17.0 Å². The van der Waals surface area contributed by atoms with Gasteiger partial charge in [0.2, 0.25) is 0 Å². The SMILES string of the molecule is Cc1ccc(CN2CCN(C3CCN(C(=O)Nc4ccc(F)cc4)CC3)C2=O)cc1. The number of likely N-dealkylation sites (tertiary alicyclic amines) is 1. The van der Waals surface area contributed by atoms with Gasteiger partial charge in [-0.15, -0.1) is 0 Å².